The Kier molecular flexibility index (Phi) is 6.27. The Morgan fingerprint density at radius 1 is 1.42 bits per heavy atom. The maximum absolute atomic E-state index is 13.2. The molecule has 0 fully saturated rings. The largest absolute Gasteiger partial charge is 0.351 e. The van der Waals surface area contributed by atoms with E-state index < -0.39 is 5.82 Å². The van der Waals surface area contributed by atoms with Gasteiger partial charge in [-0.05, 0) is 47.0 Å². The maximum atomic E-state index is 13.2. The molecular weight excluding hydrogens is 333 g/mol. The molecule has 0 atom stereocenters. The lowest BCUT2D eigenvalue weighted by Crippen LogP contribution is -2.38. The third-order valence-electron chi connectivity index (χ3n) is 3.58. The molecule has 0 aromatic heterocycles. The van der Waals surface area contributed by atoms with Crippen molar-refractivity contribution in [1.82, 2.24) is 5.32 Å². The Bertz CT molecular complexity index is 441. The molecule has 1 aromatic rings. The van der Waals surface area contributed by atoms with Crippen molar-refractivity contribution in [2.75, 3.05) is 12.4 Å². The summed E-state index contributed by atoms with van der Waals surface area (Å²) >= 11 is 9.24. The van der Waals surface area contributed by atoms with Gasteiger partial charge >= 0.3 is 0 Å². The number of amides is 1. The van der Waals surface area contributed by atoms with E-state index in [9.17, 15) is 9.18 Å². The average molecular weight is 351 g/mol. The van der Waals surface area contributed by atoms with Crippen molar-refractivity contribution >= 4 is 33.4 Å². The van der Waals surface area contributed by atoms with Crippen molar-refractivity contribution in [3.63, 3.8) is 0 Å². The van der Waals surface area contributed by atoms with Crippen LogP contribution in [0.1, 0.15) is 37.0 Å². The van der Waals surface area contributed by atoms with Crippen LogP contribution in [0.2, 0.25) is 0 Å². The minimum Gasteiger partial charge on any atom is -0.351 e. The standard InChI is InChI=1S/C14H18BrClFNO/c1-3-14(4-2,8-16)9-18-13(19)11-7-10(17)5-6-12(11)15/h5-7H,3-4,8-9H2,1-2H3,(H,18,19). The van der Waals surface area contributed by atoms with Crippen LogP contribution in [0.15, 0.2) is 22.7 Å². The third kappa shape index (κ3) is 4.18. The summed E-state index contributed by atoms with van der Waals surface area (Å²) in [5.74, 6) is -0.226. The maximum Gasteiger partial charge on any atom is 0.252 e. The number of carbonyl (C=O) groups excluding carboxylic acids is 1. The highest BCUT2D eigenvalue weighted by atomic mass is 79.9. The van der Waals surface area contributed by atoms with E-state index in [1.165, 1.54) is 18.2 Å². The highest BCUT2D eigenvalue weighted by Crippen LogP contribution is 2.27. The Balaban J connectivity index is 2.77. The van der Waals surface area contributed by atoms with Crippen LogP contribution in [0.25, 0.3) is 0 Å². The number of rotatable bonds is 6. The molecule has 1 rings (SSSR count). The van der Waals surface area contributed by atoms with E-state index in [1.54, 1.807) is 0 Å². The van der Waals surface area contributed by atoms with E-state index in [0.717, 1.165) is 12.8 Å². The lowest BCUT2D eigenvalue weighted by molar-refractivity contribution is 0.0930. The smallest absolute Gasteiger partial charge is 0.252 e. The zero-order valence-corrected chi connectivity index (χ0v) is 13.4. The Labute approximate surface area is 126 Å². The molecule has 2 nitrogen and oxygen atoms in total. The predicted molar refractivity (Wildman–Crippen MR) is 80.2 cm³/mol. The molecule has 0 unspecified atom stereocenters. The first-order valence-corrected chi connectivity index (χ1v) is 7.60. The monoisotopic (exact) mass is 349 g/mol. The lowest BCUT2D eigenvalue weighted by Gasteiger charge is -2.29. The molecular formula is C14H18BrClFNO. The van der Waals surface area contributed by atoms with E-state index in [1.807, 2.05) is 0 Å². The van der Waals surface area contributed by atoms with Crippen molar-refractivity contribution < 1.29 is 9.18 Å². The molecule has 0 spiro atoms. The van der Waals surface area contributed by atoms with E-state index in [0.29, 0.717) is 22.5 Å². The molecule has 106 valence electrons. The van der Waals surface area contributed by atoms with Crippen LogP contribution in [0, 0.1) is 11.2 Å². The zero-order valence-electron chi connectivity index (χ0n) is 11.1. The van der Waals surface area contributed by atoms with Crippen molar-refractivity contribution in [3.8, 4) is 0 Å². The van der Waals surface area contributed by atoms with Gasteiger partial charge in [0.1, 0.15) is 5.82 Å². The minimum absolute atomic E-state index is 0.100. The second kappa shape index (κ2) is 7.25. The van der Waals surface area contributed by atoms with Gasteiger partial charge in [-0.2, -0.15) is 0 Å². The topological polar surface area (TPSA) is 29.1 Å². The van der Waals surface area contributed by atoms with Crippen LogP contribution < -0.4 is 5.32 Å². The van der Waals surface area contributed by atoms with Gasteiger partial charge in [-0.25, -0.2) is 4.39 Å². The van der Waals surface area contributed by atoms with Gasteiger partial charge in [0.15, 0.2) is 0 Å². The molecule has 0 aliphatic carbocycles. The van der Waals surface area contributed by atoms with Gasteiger partial charge in [0.2, 0.25) is 0 Å². The molecule has 1 amide bonds. The molecule has 0 radical (unpaired) electrons. The Morgan fingerprint density at radius 2 is 2.05 bits per heavy atom. The summed E-state index contributed by atoms with van der Waals surface area (Å²) in [7, 11) is 0. The molecule has 0 saturated carbocycles. The van der Waals surface area contributed by atoms with Gasteiger partial charge in [0.25, 0.3) is 5.91 Å². The van der Waals surface area contributed by atoms with Gasteiger partial charge in [0.05, 0.1) is 5.56 Å². The van der Waals surface area contributed by atoms with Gasteiger partial charge < -0.3 is 5.32 Å². The van der Waals surface area contributed by atoms with Crippen molar-refractivity contribution in [2.24, 2.45) is 5.41 Å². The number of hydrogen-bond acceptors (Lipinski definition) is 1. The van der Waals surface area contributed by atoms with E-state index >= 15 is 0 Å². The van der Waals surface area contributed by atoms with Crippen molar-refractivity contribution in [1.29, 1.82) is 0 Å². The van der Waals surface area contributed by atoms with Crippen molar-refractivity contribution in [2.45, 2.75) is 26.7 Å². The number of alkyl halides is 1. The summed E-state index contributed by atoms with van der Waals surface area (Å²) in [5.41, 5.74) is 0.201. The summed E-state index contributed by atoms with van der Waals surface area (Å²) in [6.07, 6.45) is 1.77. The quantitative estimate of drug-likeness (QED) is 0.759. The van der Waals surface area contributed by atoms with Crippen LogP contribution in [0.5, 0.6) is 0 Å². The Morgan fingerprint density at radius 3 is 2.58 bits per heavy atom. The number of carbonyl (C=O) groups is 1. The number of halogens is 3. The molecule has 0 aliphatic heterocycles. The first kappa shape index (κ1) is 16.4. The number of nitrogens with one attached hydrogen (secondary N) is 1. The summed E-state index contributed by atoms with van der Waals surface area (Å²) < 4.78 is 13.7. The number of hydrogen-bond donors (Lipinski definition) is 1. The summed E-state index contributed by atoms with van der Waals surface area (Å²) in [4.78, 5) is 12.1. The van der Waals surface area contributed by atoms with Crippen LogP contribution in [0.3, 0.4) is 0 Å². The highest BCUT2D eigenvalue weighted by molar-refractivity contribution is 9.10. The average Bonchev–Trinajstić information content (AvgIpc) is 2.43. The van der Waals surface area contributed by atoms with Crippen LogP contribution in [0.4, 0.5) is 4.39 Å². The normalized spacial score (nSPS) is 11.4. The number of benzene rings is 1. The summed E-state index contributed by atoms with van der Waals surface area (Å²) in [6, 6.07) is 4.06. The summed E-state index contributed by atoms with van der Waals surface area (Å²) in [6.45, 7) is 4.59. The van der Waals surface area contributed by atoms with Crippen LogP contribution >= 0.6 is 27.5 Å². The van der Waals surface area contributed by atoms with E-state index in [2.05, 4.69) is 35.1 Å². The second-order valence-corrected chi connectivity index (χ2v) is 5.77. The van der Waals surface area contributed by atoms with Crippen LogP contribution in [-0.4, -0.2) is 18.3 Å². The van der Waals surface area contributed by atoms with E-state index in [-0.39, 0.29) is 11.3 Å². The zero-order chi connectivity index (χ0) is 14.5. The predicted octanol–water partition coefficient (Wildman–Crippen LogP) is 4.36. The van der Waals surface area contributed by atoms with Crippen molar-refractivity contribution in [3.05, 3.63) is 34.1 Å². The molecule has 1 N–H and O–H groups in total. The fraction of sp³-hybridized carbons (Fsp3) is 0.500. The molecule has 5 heteroatoms. The second-order valence-electron chi connectivity index (χ2n) is 4.65. The van der Waals surface area contributed by atoms with Gasteiger partial charge in [-0.3, -0.25) is 4.79 Å². The molecule has 0 aliphatic rings. The van der Waals surface area contributed by atoms with Gasteiger partial charge in [0, 0.05) is 22.3 Å². The Hall–Kier alpha value is -0.610. The minimum atomic E-state index is -0.428. The molecule has 0 saturated heterocycles. The lowest BCUT2D eigenvalue weighted by atomic mass is 9.84. The summed E-state index contributed by atoms with van der Waals surface area (Å²) in [5, 5.41) is 2.84. The van der Waals surface area contributed by atoms with Gasteiger partial charge in [-0.1, -0.05) is 13.8 Å². The first-order valence-electron chi connectivity index (χ1n) is 6.27. The molecule has 0 bridgehead atoms. The molecule has 1 aromatic carbocycles. The third-order valence-corrected chi connectivity index (χ3v) is 4.84. The SMILES string of the molecule is CCC(CC)(CCl)CNC(=O)c1cc(F)ccc1Br. The molecule has 0 heterocycles. The molecule has 19 heavy (non-hydrogen) atoms. The fourth-order valence-electron chi connectivity index (χ4n) is 1.77. The van der Waals surface area contributed by atoms with Crippen LogP contribution in [-0.2, 0) is 0 Å². The highest BCUT2D eigenvalue weighted by Gasteiger charge is 2.26. The van der Waals surface area contributed by atoms with Gasteiger partial charge in [-0.15, -0.1) is 11.6 Å². The first-order chi connectivity index (χ1) is 8.98. The van der Waals surface area contributed by atoms with E-state index in [4.69, 9.17) is 11.6 Å². The fourth-order valence-corrected chi connectivity index (χ4v) is 2.67.